The Morgan fingerprint density at radius 3 is 1.93 bits per heavy atom. The van der Waals surface area contributed by atoms with Crippen molar-refractivity contribution in [1.82, 2.24) is 20.3 Å². The molecule has 1 N–H and O–H groups in total. The molecular weight excluding hydrogens is 360 g/mol. The molecule has 0 saturated carbocycles. The Kier molecular flexibility index (Phi) is 5.20. The zero-order valence-corrected chi connectivity index (χ0v) is 16.2. The van der Waals surface area contributed by atoms with Gasteiger partial charge in [-0.15, -0.1) is 5.10 Å². The molecule has 0 fully saturated rings. The fourth-order valence-corrected chi connectivity index (χ4v) is 3.40. The second kappa shape index (κ2) is 8.10. The van der Waals surface area contributed by atoms with E-state index >= 15 is 0 Å². The monoisotopic (exact) mass is 382 g/mol. The van der Waals surface area contributed by atoms with Crippen molar-refractivity contribution in [2.45, 2.75) is 19.0 Å². The van der Waals surface area contributed by atoms with Crippen molar-refractivity contribution in [3.63, 3.8) is 0 Å². The number of nitrogens with zero attached hydrogens (tertiary/aromatic N) is 3. The number of amides is 1. The standard InChI is InChI=1S/C24H22N4O/c1-24(20-13-7-3-8-14-20,21-15-9-4-10-16-21)25-23(29)22-18-28(27-26-22)17-19-11-5-2-6-12-19/h2-16,18H,17H2,1H3,(H,25,29). The summed E-state index contributed by atoms with van der Waals surface area (Å²) in [6, 6.07) is 29.8. The largest absolute Gasteiger partial charge is 0.337 e. The Morgan fingerprint density at radius 2 is 1.38 bits per heavy atom. The predicted molar refractivity (Wildman–Crippen MR) is 112 cm³/mol. The molecule has 3 aromatic carbocycles. The van der Waals surface area contributed by atoms with Crippen LogP contribution in [0.3, 0.4) is 0 Å². The molecule has 0 unspecified atom stereocenters. The highest BCUT2D eigenvalue weighted by Gasteiger charge is 2.31. The molecule has 1 heterocycles. The second-order valence-corrected chi connectivity index (χ2v) is 7.10. The lowest BCUT2D eigenvalue weighted by atomic mass is 9.84. The van der Waals surface area contributed by atoms with Crippen LogP contribution in [-0.4, -0.2) is 20.9 Å². The number of hydrogen-bond acceptors (Lipinski definition) is 3. The molecule has 4 aromatic rings. The highest BCUT2D eigenvalue weighted by Crippen LogP contribution is 2.29. The third-order valence-corrected chi connectivity index (χ3v) is 5.02. The first-order chi connectivity index (χ1) is 14.1. The fourth-order valence-electron chi connectivity index (χ4n) is 3.40. The highest BCUT2D eigenvalue weighted by atomic mass is 16.2. The van der Waals surface area contributed by atoms with E-state index < -0.39 is 5.54 Å². The van der Waals surface area contributed by atoms with Crippen molar-refractivity contribution in [3.8, 4) is 0 Å². The van der Waals surface area contributed by atoms with Crippen molar-refractivity contribution < 1.29 is 4.79 Å². The van der Waals surface area contributed by atoms with Gasteiger partial charge in [-0.1, -0.05) is 96.2 Å². The van der Waals surface area contributed by atoms with Gasteiger partial charge in [0, 0.05) is 0 Å². The number of carbonyl (C=O) groups excluding carboxylic acids is 1. The lowest BCUT2D eigenvalue weighted by Crippen LogP contribution is -2.44. The zero-order chi connectivity index (χ0) is 20.1. The number of carbonyl (C=O) groups is 1. The van der Waals surface area contributed by atoms with Gasteiger partial charge in [0.1, 0.15) is 0 Å². The van der Waals surface area contributed by atoms with Gasteiger partial charge < -0.3 is 5.32 Å². The molecule has 1 amide bonds. The van der Waals surface area contributed by atoms with Gasteiger partial charge in [-0.2, -0.15) is 0 Å². The Bertz CT molecular complexity index is 1040. The summed E-state index contributed by atoms with van der Waals surface area (Å²) < 4.78 is 1.67. The van der Waals surface area contributed by atoms with Crippen LogP contribution in [-0.2, 0) is 12.1 Å². The van der Waals surface area contributed by atoms with Gasteiger partial charge >= 0.3 is 0 Å². The van der Waals surface area contributed by atoms with E-state index in [0.29, 0.717) is 12.2 Å². The van der Waals surface area contributed by atoms with Crippen LogP contribution in [0.25, 0.3) is 0 Å². The van der Waals surface area contributed by atoms with E-state index in [1.54, 1.807) is 10.9 Å². The molecule has 0 radical (unpaired) electrons. The molecular formula is C24H22N4O. The summed E-state index contributed by atoms with van der Waals surface area (Å²) in [5.74, 6) is -0.264. The van der Waals surface area contributed by atoms with Crippen LogP contribution in [0.4, 0.5) is 0 Å². The van der Waals surface area contributed by atoms with E-state index in [0.717, 1.165) is 16.7 Å². The van der Waals surface area contributed by atoms with Crippen LogP contribution in [0.5, 0.6) is 0 Å². The molecule has 5 heteroatoms. The van der Waals surface area contributed by atoms with Crippen molar-refractivity contribution in [3.05, 3.63) is 120 Å². The predicted octanol–water partition coefficient (Wildman–Crippen LogP) is 4.02. The van der Waals surface area contributed by atoms with E-state index in [-0.39, 0.29) is 5.91 Å². The van der Waals surface area contributed by atoms with Gasteiger partial charge in [0.25, 0.3) is 5.91 Å². The third-order valence-electron chi connectivity index (χ3n) is 5.02. The topological polar surface area (TPSA) is 59.8 Å². The molecule has 0 atom stereocenters. The maximum Gasteiger partial charge on any atom is 0.274 e. The normalized spacial score (nSPS) is 11.2. The molecule has 0 aliphatic carbocycles. The van der Waals surface area contributed by atoms with E-state index in [2.05, 4.69) is 15.6 Å². The lowest BCUT2D eigenvalue weighted by Gasteiger charge is -2.32. The summed E-state index contributed by atoms with van der Waals surface area (Å²) in [5.41, 5.74) is 2.69. The number of benzene rings is 3. The summed E-state index contributed by atoms with van der Waals surface area (Å²) >= 11 is 0. The number of aromatic nitrogens is 3. The van der Waals surface area contributed by atoms with Gasteiger partial charge in [-0.05, 0) is 23.6 Å². The summed E-state index contributed by atoms with van der Waals surface area (Å²) in [6.45, 7) is 2.57. The average molecular weight is 382 g/mol. The molecule has 29 heavy (non-hydrogen) atoms. The minimum Gasteiger partial charge on any atom is -0.337 e. The molecule has 1 aromatic heterocycles. The van der Waals surface area contributed by atoms with E-state index in [1.807, 2.05) is 97.9 Å². The van der Waals surface area contributed by atoms with Crippen LogP contribution in [0.15, 0.2) is 97.2 Å². The molecule has 4 rings (SSSR count). The number of nitrogens with one attached hydrogen (secondary N) is 1. The molecule has 144 valence electrons. The van der Waals surface area contributed by atoms with Crippen LogP contribution in [0, 0.1) is 0 Å². The smallest absolute Gasteiger partial charge is 0.274 e. The molecule has 5 nitrogen and oxygen atoms in total. The maximum absolute atomic E-state index is 13.0. The maximum atomic E-state index is 13.0. The van der Waals surface area contributed by atoms with Crippen molar-refractivity contribution >= 4 is 5.91 Å². The minimum absolute atomic E-state index is 0.264. The SMILES string of the molecule is CC(NC(=O)c1cn(Cc2ccccc2)nn1)(c1ccccc1)c1ccccc1. The Balaban J connectivity index is 1.59. The number of hydrogen-bond donors (Lipinski definition) is 1. The average Bonchev–Trinajstić information content (AvgIpc) is 3.24. The van der Waals surface area contributed by atoms with Crippen LogP contribution < -0.4 is 5.32 Å². The molecule has 0 saturated heterocycles. The van der Waals surface area contributed by atoms with E-state index in [9.17, 15) is 4.79 Å². The van der Waals surface area contributed by atoms with Gasteiger partial charge in [-0.25, -0.2) is 4.68 Å². The minimum atomic E-state index is -0.692. The van der Waals surface area contributed by atoms with Crippen molar-refractivity contribution in [2.24, 2.45) is 0 Å². The summed E-state index contributed by atoms with van der Waals surface area (Å²) in [6.07, 6.45) is 1.68. The molecule has 0 aliphatic heterocycles. The third kappa shape index (κ3) is 4.09. The molecule has 0 bridgehead atoms. The van der Waals surface area contributed by atoms with Gasteiger partial charge in [0.05, 0.1) is 18.3 Å². The van der Waals surface area contributed by atoms with Crippen LogP contribution >= 0.6 is 0 Å². The first kappa shape index (κ1) is 18.6. The quantitative estimate of drug-likeness (QED) is 0.548. The summed E-state index contributed by atoms with van der Waals surface area (Å²) in [5, 5.41) is 11.4. The Morgan fingerprint density at radius 1 is 0.862 bits per heavy atom. The highest BCUT2D eigenvalue weighted by molar-refractivity contribution is 5.92. The van der Waals surface area contributed by atoms with Crippen LogP contribution in [0.1, 0.15) is 34.1 Å². The van der Waals surface area contributed by atoms with E-state index in [1.165, 1.54) is 0 Å². The Labute approximate surface area is 170 Å². The summed E-state index contributed by atoms with van der Waals surface area (Å²) in [7, 11) is 0. The van der Waals surface area contributed by atoms with Crippen molar-refractivity contribution in [1.29, 1.82) is 0 Å². The first-order valence-electron chi connectivity index (χ1n) is 9.53. The fraction of sp³-hybridized carbons (Fsp3) is 0.125. The van der Waals surface area contributed by atoms with Gasteiger partial charge in [0.15, 0.2) is 5.69 Å². The number of rotatable bonds is 6. The zero-order valence-electron chi connectivity index (χ0n) is 16.2. The van der Waals surface area contributed by atoms with Crippen molar-refractivity contribution in [2.75, 3.05) is 0 Å². The molecule has 0 aliphatic rings. The van der Waals surface area contributed by atoms with Gasteiger partial charge in [0.2, 0.25) is 0 Å². The Hall–Kier alpha value is -3.73. The van der Waals surface area contributed by atoms with Gasteiger partial charge in [-0.3, -0.25) is 4.79 Å². The van der Waals surface area contributed by atoms with E-state index in [4.69, 9.17) is 0 Å². The van der Waals surface area contributed by atoms with Crippen LogP contribution in [0.2, 0.25) is 0 Å². The second-order valence-electron chi connectivity index (χ2n) is 7.10. The first-order valence-corrected chi connectivity index (χ1v) is 9.53. The molecule has 0 spiro atoms. The lowest BCUT2D eigenvalue weighted by molar-refractivity contribution is 0.0913. The summed E-state index contributed by atoms with van der Waals surface area (Å²) in [4.78, 5) is 13.0.